The second-order valence-corrected chi connectivity index (χ2v) is 6.40. The molecule has 0 aliphatic rings. The zero-order chi connectivity index (χ0) is 18.5. The maximum atomic E-state index is 11.7. The highest BCUT2D eigenvalue weighted by molar-refractivity contribution is 5.72. The molecule has 1 aromatic heterocycles. The highest BCUT2D eigenvalue weighted by Gasteiger charge is 2.14. The highest BCUT2D eigenvalue weighted by atomic mass is 16.5. The van der Waals surface area contributed by atoms with Crippen molar-refractivity contribution in [1.29, 1.82) is 0 Å². The van der Waals surface area contributed by atoms with E-state index in [1.54, 1.807) is 11.0 Å². The number of carbonyl (C=O) groups excluding carboxylic acids is 1. The van der Waals surface area contributed by atoms with Gasteiger partial charge in [-0.1, -0.05) is 48.9 Å². The van der Waals surface area contributed by atoms with Gasteiger partial charge in [-0.15, -0.1) is 5.10 Å². The molecule has 0 amide bonds. The second-order valence-electron chi connectivity index (χ2n) is 6.40. The summed E-state index contributed by atoms with van der Waals surface area (Å²) < 4.78 is 6.83. The molecule has 5 heteroatoms. The van der Waals surface area contributed by atoms with E-state index in [0.29, 0.717) is 18.9 Å². The van der Waals surface area contributed by atoms with Crippen LogP contribution in [0.2, 0.25) is 0 Å². The van der Waals surface area contributed by atoms with Gasteiger partial charge in [0, 0.05) is 5.56 Å². The number of esters is 1. The molecule has 0 spiro atoms. The molecule has 0 aliphatic carbocycles. The number of rotatable bonds is 6. The third-order valence-electron chi connectivity index (χ3n) is 4.23. The van der Waals surface area contributed by atoms with Gasteiger partial charge in [-0.2, -0.15) is 0 Å². The van der Waals surface area contributed by atoms with E-state index in [9.17, 15) is 4.79 Å². The summed E-state index contributed by atoms with van der Waals surface area (Å²) >= 11 is 0. The van der Waals surface area contributed by atoms with Crippen LogP contribution >= 0.6 is 0 Å². The Morgan fingerprint density at radius 3 is 2.46 bits per heavy atom. The van der Waals surface area contributed by atoms with Crippen LogP contribution in [0.15, 0.2) is 54.9 Å². The fourth-order valence-electron chi connectivity index (χ4n) is 2.73. The van der Waals surface area contributed by atoms with Crippen LogP contribution in [0, 0.1) is 12.8 Å². The van der Waals surface area contributed by atoms with E-state index in [0.717, 1.165) is 16.8 Å². The molecule has 26 heavy (non-hydrogen) atoms. The topological polar surface area (TPSA) is 57.0 Å². The average molecular weight is 349 g/mol. The van der Waals surface area contributed by atoms with Crippen LogP contribution in [0.4, 0.5) is 0 Å². The summed E-state index contributed by atoms with van der Waals surface area (Å²) in [6.07, 6.45) is 2.38. The van der Waals surface area contributed by atoms with Crippen molar-refractivity contribution in [2.24, 2.45) is 5.92 Å². The molecule has 0 radical (unpaired) electrons. The third kappa shape index (κ3) is 4.17. The largest absolute Gasteiger partial charge is 0.466 e. The number of hydrogen-bond donors (Lipinski definition) is 0. The normalized spacial score (nSPS) is 12.0. The summed E-state index contributed by atoms with van der Waals surface area (Å²) in [6, 6.07) is 16.1. The Labute approximate surface area is 153 Å². The monoisotopic (exact) mass is 349 g/mol. The minimum Gasteiger partial charge on any atom is -0.466 e. The van der Waals surface area contributed by atoms with Gasteiger partial charge in [0.25, 0.3) is 0 Å². The van der Waals surface area contributed by atoms with Crippen LogP contribution in [0.25, 0.3) is 17.1 Å². The average Bonchev–Trinajstić information content (AvgIpc) is 3.13. The van der Waals surface area contributed by atoms with Crippen molar-refractivity contribution >= 4 is 5.97 Å². The molecule has 3 aromatic rings. The molecule has 1 atom stereocenters. The summed E-state index contributed by atoms with van der Waals surface area (Å²) in [4.78, 5) is 16.2. The molecule has 2 aromatic carbocycles. The molecule has 0 aliphatic heterocycles. The minimum atomic E-state index is -0.157. The number of aryl methyl sites for hydroxylation is 1. The molecule has 0 saturated carbocycles. The zero-order valence-corrected chi connectivity index (χ0v) is 15.3. The van der Waals surface area contributed by atoms with E-state index in [1.807, 2.05) is 50.2 Å². The van der Waals surface area contributed by atoms with Crippen LogP contribution in [0.1, 0.15) is 25.0 Å². The van der Waals surface area contributed by atoms with Gasteiger partial charge in [-0.3, -0.25) is 4.79 Å². The van der Waals surface area contributed by atoms with Crippen LogP contribution in [-0.2, 0) is 16.0 Å². The first kappa shape index (κ1) is 17.9. The van der Waals surface area contributed by atoms with Crippen LogP contribution in [0.3, 0.4) is 0 Å². The molecule has 134 valence electrons. The summed E-state index contributed by atoms with van der Waals surface area (Å²) in [5.41, 5.74) is 4.23. The Bertz CT molecular complexity index is 867. The smallest absolute Gasteiger partial charge is 0.308 e. The quantitative estimate of drug-likeness (QED) is 0.632. The lowest BCUT2D eigenvalue weighted by molar-refractivity contribution is -0.147. The number of carbonyl (C=O) groups is 1. The SMILES string of the molecule is CCOC(=O)C(C)Cc1ccc(-c2ncn(-c3ccc(C)cc3)n2)cc1. The number of ether oxygens (including phenoxy) is 1. The van der Waals surface area contributed by atoms with Crippen LogP contribution in [0.5, 0.6) is 0 Å². The van der Waals surface area contributed by atoms with Crippen molar-refractivity contribution < 1.29 is 9.53 Å². The molecule has 0 bridgehead atoms. The van der Waals surface area contributed by atoms with Gasteiger partial charge in [0.2, 0.25) is 0 Å². The molecule has 0 fully saturated rings. The minimum absolute atomic E-state index is 0.153. The summed E-state index contributed by atoms with van der Waals surface area (Å²) in [5, 5.41) is 4.56. The van der Waals surface area contributed by atoms with Crippen molar-refractivity contribution in [1.82, 2.24) is 14.8 Å². The predicted molar refractivity (Wildman–Crippen MR) is 101 cm³/mol. The number of hydrogen-bond acceptors (Lipinski definition) is 4. The van der Waals surface area contributed by atoms with Crippen molar-refractivity contribution in [2.75, 3.05) is 6.61 Å². The van der Waals surface area contributed by atoms with E-state index in [2.05, 4.69) is 29.1 Å². The van der Waals surface area contributed by atoms with Gasteiger partial charge in [0.05, 0.1) is 18.2 Å². The molecule has 5 nitrogen and oxygen atoms in total. The molecule has 3 rings (SSSR count). The van der Waals surface area contributed by atoms with Crippen molar-refractivity contribution in [2.45, 2.75) is 27.2 Å². The van der Waals surface area contributed by atoms with Gasteiger partial charge in [0.1, 0.15) is 6.33 Å². The first-order chi connectivity index (χ1) is 12.6. The highest BCUT2D eigenvalue weighted by Crippen LogP contribution is 2.19. The van der Waals surface area contributed by atoms with Gasteiger partial charge in [-0.25, -0.2) is 9.67 Å². The first-order valence-corrected chi connectivity index (χ1v) is 8.81. The maximum Gasteiger partial charge on any atom is 0.308 e. The number of aromatic nitrogens is 3. The Kier molecular flexibility index (Phi) is 5.46. The number of nitrogens with zero attached hydrogens (tertiary/aromatic N) is 3. The Hall–Kier alpha value is -2.95. The van der Waals surface area contributed by atoms with Crippen molar-refractivity contribution in [3.8, 4) is 17.1 Å². The van der Waals surface area contributed by atoms with E-state index in [-0.39, 0.29) is 11.9 Å². The lowest BCUT2D eigenvalue weighted by Gasteiger charge is -2.10. The van der Waals surface area contributed by atoms with Crippen molar-refractivity contribution in [3.63, 3.8) is 0 Å². The molecular weight excluding hydrogens is 326 g/mol. The standard InChI is InChI=1S/C21H23N3O2/c1-4-26-21(25)16(3)13-17-7-9-18(10-8-17)20-22-14-24(23-20)19-11-5-15(2)6-12-19/h5-12,14,16H,4,13H2,1-3H3. The molecule has 0 saturated heterocycles. The Morgan fingerprint density at radius 1 is 1.12 bits per heavy atom. The van der Waals surface area contributed by atoms with Crippen LogP contribution < -0.4 is 0 Å². The molecular formula is C21H23N3O2. The summed E-state index contributed by atoms with van der Waals surface area (Å²) in [6.45, 7) is 6.18. The van der Waals surface area contributed by atoms with Gasteiger partial charge < -0.3 is 4.74 Å². The van der Waals surface area contributed by atoms with Crippen molar-refractivity contribution in [3.05, 3.63) is 66.0 Å². The zero-order valence-electron chi connectivity index (χ0n) is 15.3. The predicted octanol–water partition coefficient (Wildman–Crippen LogP) is 3.98. The Morgan fingerprint density at radius 2 is 1.81 bits per heavy atom. The fraction of sp³-hybridized carbons (Fsp3) is 0.286. The van der Waals surface area contributed by atoms with Gasteiger partial charge in [0.15, 0.2) is 5.82 Å². The fourth-order valence-corrected chi connectivity index (χ4v) is 2.73. The lowest BCUT2D eigenvalue weighted by atomic mass is 10.00. The third-order valence-corrected chi connectivity index (χ3v) is 4.23. The van der Waals surface area contributed by atoms with E-state index < -0.39 is 0 Å². The summed E-state index contributed by atoms with van der Waals surface area (Å²) in [7, 11) is 0. The molecule has 1 unspecified atom stereocenters. The molecule has 1 heterocycles. The van der Waals surface area contributed by atoms with E-state index in [4.69, 9.17) is 4.74 Å². The summed E-state index contributed by atoms with van der Waals surface area (Å²) in [5.74, 6) is 0.366. The van der Waals surface area contributed by atoms with Crippen LogP contribution in [-0.4, -0.2) is 27.3 Å². The van der Waals surface area contributed by atoms with Gasteiger partial charge >= 0.3 is 5.97 Å². The number of benzene rings is 2. The Balaban J connectivity index is 1.71. The second kappa shape index (κ2) is 7.95. The van der Waals surface area contributed by atoms with E-state index in [1.165, 1.54) is 5.56 Å². The van der Waals surface area contributed by atoms with E-state index >= 15 is 0 Å². The van der Waals surface area contributed by atoms with Gasteiger partial charge in [-0.05, 0) is 38.0 Å². The lowest BCUT2D eigenvalue weighted by Crippen LogP contribution is -2.16. The molecule has 0 N–H and O–H groups in total. The maximum absolute atomic E-state index is 11.7. The first-order valence-electron chi connectivity index (χ1n) is 8.81.